The molecule has 2 atom stereocenters. The van der Waals surface area contributed by atoms with Crippen LogP contribution in [0.5, 0.6) is 5.75 Å². The molecular formula is C24H32N2O4. The third-order valence-electron chi connectivity index (χ3n) is 6.39. The predicted molar refractivity (Wildman–Crippen MR) is 115 cm³/mol. The lowest BCUT2D eigenvalue weighted by Crippen LogP contribution is -2.48. The fourth-order valence-corrected chi connectivity index (χ4v) is 5.13. The molecule has 0 radical (unpaired) electrons. The number of imide groups is 1. The van der Waals surface area contributed by atoms with E-state index in [2.05, 4.69) is 4.90 Å². The van der Waals surface area contributed by atoms with Gasteiger partial charge < -0.3 is 14.4 Å². The molecule has 2 unspecified atom stereocenters. The summed E-state index contributed by atoms with van der Waals surface area (Å²) in [5.41, 5.74) is 1.68. The van der Waals surface area contributed by atoms with Crippen molar-refractivity contribution in [3.8, 4) is 5.75 Å². The number of nitrogens with zero attached hydrogens (tertiary/aromatic N) is 2. The van der Waals surface area contributed by atoms with Crippen LogP contribution in [0.1, 0.15) is 57.9 Å². The molecule has 1 saturated carbocycles. The molecule has 1 aromatic carbocycles. The van der Waals surface area contributed by atoms with E-state index >= 15 is 0 Å². The van der Waals surface area contributed by atoms with Gasteiger partial charge in [0.2, 0.25) is 0 Å². The normalized spacial score (nSPS) is 26.4. The van der Waals surface area contributed by atoms with Gasteiger partial charge in [-0.25, -0.2) is 0 Å². The van der Waals surface area contributed by atoms with Crippen LogP contribution in [0.3, 0.4) is 0 Å². The van der Waals surface area contributed by atoms with Crippen molar-refractivity contribution in [2.45, 2.75) is 70.6 Å². The van der Waals surface area contributed by atoms with Crippen LogP contribution in [0.15, 0.2) is 30.0 Å². The molecule has 2 heterocycles. The van der Waals surface area contributed by atoms with Gasteiger partial charge in [0.25, 0.3) is 11.8 Å². The molecule has 30 heavy (non-hydrogen) atoms. The molecule has 162 valence electrons. The van der Waals surface area contributed by atoms with Gasteiger partial charge in [0, 0.05) is 24.7 Å². The zero-order valence-electron chi connectivity index (χ0n) is 18.2. The smallest absolute Gasteiger partial charge is 0.278 e. The van der Waals surface area contributed by atoms with Gasteiger partial charge in [0.05, 0.1) is 24.9 Å². The summed E-state index contributed by atoms with van der Waals surface area (Å²) in [7, 11) is 1.60. The largest absolute Gasteiger partial charge is 0.496 e. The Labute approximate surface area is 178 Å². The van der Waals surface area contributed by atoms with Crippen molar-refractivity contribution in [1.29, 1.82) is 0 Å². The second-order valence-electron chi connectivity index (χ2n) is 8.71. The van der Waals surface area contributed by atoms with Crippen LogP contribution in [0.25, 0.3) is 5.57 Å². The molecule has 0 N–H and O–H groups in total. The third-order valence-corrected chi connectivity index (χ3v) is 6.39. The number of methoxy groups -OCH3 is 1. The second kappa shape index (κ2) is 8.80. The lowest BCUT2D eigenvalue weighted by Gasteiger charge is -2.37. The Morgan fingerprint density at radius 2 is 1.57 bits per heavy atom. The summed E-state index contributed by atoms with van der Waals surface area (Å²) in [6.45, 7) is 5.21. The monoisotopic (exact) mass is 412 g/mol. The molecule has 3 aliphatic rings. The summed E-state index contributed by atoms with van der Waals surface area (Å²) in [4.78, 5) is 31.1. The van der Waals surface area contributed by atoms with Crippen molar-refractivity contribution < 1.29 is 19.1 Å². The maximum atomic E-state index is 13.7. The Morgan fingerprint density at radius 1 is 0.933 bits per heavy atom. The zero-order valence-corrected chi connectivity index (χ0v) is 18.2. The molecule has 4 rings (SSSR count). The van der Waals surface area contributed by atoms with Crippen molar-refractivity contribution in [3.63, 3.8) is 0 Å². The van der Waals surface area contributed by atoms with Gasteiger partial charge in [-0.3, -0.25) is 14.5 Å². The maximum absolute atomic E-state index is 13.7. The van der Waals surface area contributed by atoms with Crippen molar-refractivity contribution in [2.75, 3.05) is 20.2 Å². The molecule has 2 aliphatic heterocycles. The minimum Gasteiger partial charge on any atom is -0.496 e. The van der Waals surface area contributed by atoms with Crippen molar-refractivity contribution in [2.24, 2.45) is 0 Å². The van der Waals surface area contributed by atoms with Crippen LogP contribution in [-0.2, 0) is 14.3 Å². The molecule has 0 spiro atoms. The summed E-state index contributed by atoms with van der Waals surface area (Å²) in [5, 5.41) is 0. The average Bonchev–Trinajstić information content (AvgIpc) is 2.88. The third kappa shape index (κ3) is 3.85. The number of ether oxygens (including phenoxy) is 2. The van der Waals surface area contributed by atoms with E-state index in [-0.39, 0.29) is 30.1 Å². The molecule has 6 heteroatoms. The molecule has 6 nitrogen and oxygen atoms in total. The SMILES string of the molecule is COc1ccccc1C1=C(N2CC(C)OC(C)C2)C(=O)N(C2CCCCCC2)C1=O. The summed E-state index contributed by atoms with van der Waals surface area (Å²) in [6.07, 6.45) is 6.24. The quantitative estimate of drug-likeness (QED) is 0.559. The molecule has 2 amide bonds. The fraction of sp³-hybridized carbons (Fsp3) is 0.583. The lowest BCUT2D eigenvalue weighted by molar-refractivity contribution is -0.141. The van der Waals surface area contributed by atoms with Gasteiger partial charge >= 0.3 is 0 Å². The summed E-state index contributed by atoms with van der Waals surface area (Å²) in [6, 6.07) is 7.47. The number of hydrogen-bond acceptors (Lipinski definition) is 5. The molecule has 1 saturated heterocycles. The van der Waals surface area contributed by atoms with Crippen molar-refractivity contribution in [3.05, 3.63) is 35.5 Å². The topological polar surface area (TPSA) is 59.1 Å². The number of benzene rings is 1. The number of amides is 2. The van der Waals surface area contributed by atoms with Crippen molar-refractivity contribution >= 4 is 17.4 Å². The fourth-order valence-electron chi connectivity index (χ4n) is 5.13. The minimum atomic E-state index is -0.182. The van der Waals surface area contributed by atoms with E-state index in [1.165, 1.54) is 12.8 Å². The highest BCUT2D eigenvalue weighted by atomic mass is 16.5. The minimum absolute atomic E-state index is 0.00463. The first kappa shape index (κ1) is 20.9. The van der Waals surface area contributed by atoms with Crippen LogP contribution >= 0.6 is 0 Å². The van der Waals surface area contributed by atoms with Crippen LogP contribution in [0.2, 0.25) is 0 Å². The molecule has 1 aromatic rings. The summed E-state index contributed by atoms with van der Waals surface area (Å²) >= 11 is 0. The molecule has 1 aliphatic carbocycles. The Hall–Kier alpha value is -2.34. The number of rotatable bonds is 4. The van der Waals surface area contributed by atoms with Crippen LogP contribution < -0.4 is 4.74 Å². The van der Waals surface area contributed by atoms with E-state index in [0.29, 0.717) is 35.7 Å². The molecular weight excluding hydrogens is 380 g/mol. The van der Waals surface area contributed by atoms with Crippen LogP contribution in [-0.4, -0.2) is 60.1 Å². The van der Waals surface area contributed by atoms with Gasteiger partial charge in [-0.2, -0.15) is 0 Å². The lowest BCUT2D eigenvalue weighted by atomic mass is 10.0. The van der Waals surface area contributed by atoms with E-state index in [4.69, 9.17) is 9.47 Å². The van der Waals surface area contributed by atoms with E-state index in [9.17, 15) is 9.59 Å². The van der Waals surface area contributed by atoms with Gasteiger partial charge in [0.15, 0.2) is 0 Å². The zero-order chi connectivity index (χ0) is 21.3. The molecule has 0 aromatic heterocycles. The second-order valence-corrected chi connectivity index (χ2v) is 8.71. The predicted octanol–water partition coefficient (Wildman–Crippen LogP) is 3.61. The van der Waals surface area contributed by atoms with E-state index in [0.717, 1.165) is 25.7 Å². The first-order chi connectivity index (χ1) is 14.5. The highest BCUT2D eigenvalue weighted by Gasteiger charge is 2.46. The number of para-hydroxylation sites is 1. The molecule has 2 fully saturated rings. The average molecular weight is 413 g/mol. The Balaban J connectivity index is 1.79. The van der Waals surface area contributed by atoms with Crippen LogP contribution in [0, 0.1) is 0 Å². The van der Waals surface area contributed by atoms with E-state index in [1.54, 1.807) is 12.0 Å². The van der Waals surface area contributed by atoms with Gasteiger partial charge in [0.1, 0.15) is 11.4 Å². The van der Waals surface area contributed by atoms with E-state index in [1.807, 2.05) is 38.1 Å². The number of carbonyl (C=O) groups is 2. The van der Waals surface area contributed by atoms with Crippen LogP contribution in [0.4, 0.5) is 0 Å². The van der Waals surface area contributed by atoms with Gasteiger partial charge in [-0.1, -0.05) is 43.9 Å². The van der Waals surface area contributed by atoms with Gasteiger partial charge in [-0.05, 0) is 32.8 Å². The highest BCUT2D eigenvalue weighted by molar-refractivity contribution is 6.36. The van der Waals surface area contributed by atoms with Gasteiger partial charge in [-0.15, -0.1) is 0 Å². The number of morpholine rings is 1. The Kier molecular flexibility index (Phi) is 6.14. The Morgan fingerprint density at radius 3 is 2.20 bits per heavy atom. The number of carbonyl (C=O) groups excluding carboxylic acids is 2. The number of hydrogen-bond donors (Lipinski definition) is 0. The first-order valence-electron chi connectivity index (χ1n) is 11.2. The summed E-state index contributed by atoms with van der Waals surface area (Å²) < 4.78 is 11.4. The highest BCUT2D eigenvalue weighted by Crippen LogP contribution is 2.39. The summed E-state index contributed by atoms with van der Waals surface area (Å²) in [5.74, 6) is 0.274. The Bertz CT molecular complexity index is 831. The first-order valence-corrected chi connectivity index (χ1v) is 11.2. The maximum Gasteiger partial charge on any atom is 0.278 e. The van der Waals surface area contributed by atoms with E-state index < -0.39 is 0 Å². The van der Waals surface area contributed by atoms with Crippen molar-refractivity contribution in [1.82, 2.24) is 9.80 Å². The standard InChI is InChI=1S/C24H32N2O4/c1-16-14-25(15-17(2)30-16)22-21(19-12-8-9-13-20(19)29-3)23(27)26(24(22)28)18-10-6-4-5-7-11-18/h8-9,12-13,16-18H,4-7,10-11,14-15H2,1-3H3. The molecule has 0 bridgehead atoms.